The van der Waals surface area contributed by atoms with E-state index in [9.17, 15) is 4.79 Å². The molecule has 0 bridgehead atoms. The van der Waals surface area contributed by atoms with Gasteiger partial charge in [0.2, 0.25) is 0 Å². The highest BCUT2D eigenvalue weighted by Gasteiger charge is 2.15. The van der Waals surface area contributed by atoms with Gasteiger partial charge in [-0.3, -0.25) is 4.79 Å². The highest BCUT2D eigenvalue weighted by atomic mass is 35.5. The number of nitrogens with one attached hydrogen (secondary N) is 1. The molecule has 1 N–H and O–H groups in total. The SMILES string of the molecule is O=c1[nH]nc(SCc2ccc(Cl)cc2Cl)c2c1ncn2Cc1ccc(Cl)cc1Cl. The van der Waals surface area contributed by atoms with Gasteiger partial charge in [0, 0.05) is 25.8 Å². The van der Waals surface area contributed by atoms with Crippen LogP contribution in [0.5, 0.6) is 0 Å². The van der Waals surface area contributed by atoms with Gasteiger partial charge in [0.05, 0.1) is 12.9 Å². The molecule has 0 unspecified atom stereocenters. The lowest BCUT2D eigenvalue weighted by Crippen LogP contribution is -2.11. The van der Waals surface area contributed by atoms with Crippen LogP contribution in [0.1, 0.15) is 11.1 Å². The number of nitrogens with zero attached hydrogens (tertiary/aromatic N) is 3. The van der Waals surface area contributed by atoms with E-state index in [0.29, 0.717) is 48.4 Å². The molecule has 0 fully saturated rings. The summed E-state index contributed by atoms with van der Waals surface area (Å²) in [5.74, 6) is 0.553. The van der Waals surface area contributed by atoms with E-state index >= 15 is 0 Å². The number of H-pyrrole nitrogens is 1. The second-order valence-electron chi connectivity index (χ2n) is 6.19. The predicted octanol–water partition coefficient (Wildman–Crippen LogP) is 6.07. The molecule has 148 valence electrons. The summed E-state index contributed by atoms with van der Waals surface area (Å²) in [6.07, 6.45) is 1.60. The van der Waals surface area contributed by atoms with Crippen molar-refractivity contribution in [3.05, 3.63) is 84.3 Å². The van der Waals surface area contributed by atoms with E-state index in [1.807, 2.05) is 16.7 Å². The number of imidazole rings is 1. The Balaban J connectivity index is 1.70. The minimum Gasteiger partial charge on any atom is -0.324 e. The molecule has 0 atom stereocenters. The van der Waals surface area contributed by atoms with Crippen LogP contribution < -0.4 is 5.56 Å². The van der Waals surface area contributed by atoms with Crippen molar-refractivity contribution in [2.45, 2.75) is 17.3 Å². The molecule has 5 nitrogen and oxygen atoms in total. The van der Waals surface area contributed by atoms with Gasteiger partial charge in [-0.15, -0.1) is 0 Å². The van der Waals surface area contributed by atoms with Crippen molar-refractivity contribution in [3.63, 3.8) is 0 Å². The standard InChI is InChI=1S/C19H12Cl4N4OS/c20-12-3-1-10(14(22)5-12)7-27-9-24-16-17(27)19(26-25-18(16)28)29-8-11-2-4-13(21)6-15(11)23/h1-6,9H,7-8H2,(H,25,28). The highest BCUT2D eigenvalue weighted by Crippen LogP contribution is 2.31. The molecule has 2 aromatic carbocycles. The quantitative estimate of drug-likeness (QED) is 0.348. The second-order valence-corrected chi connectivity index (χ2v) is 8.84. The Morgan fingerprint density at radius 2 is 1.62 bits per heavy atom. The Morgan fingerprint density at radius 3 is 2.28 bits per heavy atom. The molecule has 0 saturated heterocycles. The zero-order valence-corrected chi connectivity index (χ0v) is 18.5. The number of thioether (sulfide) groups is 1. The smallest absolute Gasteiger partial charge is 0.292 e. The first-order chi connectivity index (χ1) is 13.9. The first kappa shape index (κ1) is 20.6. The summed E-state index contributed by atoms with van der Waals surface area (Å²) in [6, 6.07) is 10.6. The van der Waals surface area contributed by atoms with Crippen molar-refractivity contribution in [3.8, 4) is 0 Å². The van der Waals surface area contributed by atoms with E-state index < -0.39 is 0 Å². The Labute approximate surface area is 190 Å². The number of aromatic nitrogens is 4. The first-order valence-electron chi connectivity index (χ1n) is 8.36. The molecule has 0 aliphatic heterocycles. The van der Waals surface area contributed by atoms with Gasteiger partial charge in [0.25, 0.3) is 5.56 Å². The maximum atomic E-state index is 12.2. The van der Waals surface area contributed by atoms with Crippen LogP contribution in [-0.2, 0) is 12.3 Å². The Bertz CT molecular complexity index is 1270. The maximum absolute atomic E-state index is 12.2. The molecule has 29 heavy (non-hydrogen) atoms. The second kappa shape index (κ2) is 8.58. The fourth-order valence-corrected chi connectivity index (χ4v) is 4.85. The third-order valence-corrected chi connectivity index (χ3v) is 6.44. The molecule has 0 aliphatic rings. The largest absolute Gasteiger partial charge is 0.324 e. The van der Waals surface area contributed by atoms with E-state index in [2.05, 4.69) is 15.2 Å². The van der Waals surface area contributed by atoms with Gasteiger partial charge in [0.15, 0.2) is 5.52 Å². The number of benzene rings is 2. The van der Waals surface area contributed by atoms with Gasteiger partial charge < -0.3 is 4.57 Å². The van der Waals surface area contributed by atoms with Crippen LogP contribution in [-0.4, -0.2) is 19.7 Å². The molecule has 0 amide bonds. The number of halogens is 4. The summed E-state index contributed by atoms with van der Waals surface area (Å²) < 4.78 is 1.85. The normalized spacial score (nSPS) is 11.3. The average molecular weight is 486 g/mol. The highest BCUT2D eigenvalue weighted by molar-refractivity contribution is 7.98. The summed E-state index contributed by atoms with van der Waals surface area (Å²) in [4.78, 5) is 16.5. The third kappa shape index (κ3) is 4.42. The van der Waals surface area contributed by atoms with Crippen LogP contribution in [0.4, 0.5) is 0 Å². The first-order valence-corrected chi connectivity index (χ1v) is 10.9. The molecule has 2 heterocycles. The number of fused-ring (bicyclic) bond motifs is 1. The number of hydrogen-bond acceptors (Lipinski definition) is 4. The lowest BCUT2D eigenvalue weighted by atomic mass is 10.2. The molecule has 4 rings (SSSR count). The molecule has 0 aliphatic carbocycles. The third-order valence-electron chi connectivity index (χ3n) is 4.25. The van der Waals surface area contributed by atoms with E-state index in [-0.39, 0.29) is 5.56 Å². The Kier molecular flexibility index (Phi) is 6.08. The summed E-state index contributed by atoms with van der Waals surface area (Å²) in [7, 11) is 0. The Morgan fingerprint density at radius 1 is 0.966 bits per heavy atom. The van der Waals surface area contributed by atoms with Gasteiger partial charge >= 0.3 is 0 Å². The lowest BCUT2D eigenvalue weighted by Gasteiger charge is -2.10. The molecule has 0 spiro atoms. The van der Waals surface area contributed by atoms with Crippen LogP contribution in [0.2, 0.25) is 20.1 Å². The topological polar surface area (TPSA) is 63.6 Å². The lowest BCUT2D eigenvalue weighted by molar-refractivity contribution is 0.805. The van der Waals surface area contributed by atoms with Gasteiger partial charge in [-0.25, -0.2) is 10.1 Å². The van der Waals surface area contributed by atoms with E-state index in [0.717, 1.165) is 11.1 Å². The number of rotatable bonds is 5. The van der Waals surface area contributed by atoms with Crippen LogP contribution in [0.15, 0.2) is 52.5 Å². The zero-order valence-electron chi connectivity index (χ0n) is 14.6. The maximum Gasteiger partial charge on any atom is 0.292 e. The summed E-state index contributed by atoms with van der Waals surface area (Å²) in [5, 5.41) is 9.60. The number of aromatic amines is 1. The molecule has 0 saturated carbocycles. The minimum atomic E-state index is -0.352. The van der Waals surface area contributed by atoms with Crippen molar-refractivity contribution >= 4 is 69.2 Å². The average Bonchev–Trinajstić information content (AvgIpc) is 3.10. The van der Waals surface area contributed by atoms with Crippen molar-refractivity contribution in [2.24, 2.45) is 0 Å². The monoisotopic (exact) mass is 484 g/mol. The van der Waals surface area contributed by atoms with Crippen molar-refractivity contribution in [2.75, 3.05) is 0 Å². The van der Waals surface area contributed by atoms with Crippen molar-refractivity contribution in [1.29, 1.82) is 0 Å². The molecule has 0 radical (unpaired) electrons. The van der Waals surface area contributed by atoms with Gasteiger partial charge in [-0.05, 0) is 35.4 Å². The Hall–Kier alpha value is -1.70. The predicted molar refractivity (Wildman–Crippen MR) is 120 cm³/mol. The van der Waals surface area contributed by atoms with E-state index in [4.69, 9.17) is 46.4 Å². The van der Waals surface area contributed by atoms with Crippen LogP contribution >= 0.6 is 58.2 Å². The van der Waals surface area contributed by atoms with Crippen molar-refractivity contribution < 1.29 is 0 Å². The molecule has 4 aromatic rings. The van der Waals surface area contributed by atoms with Gasteiger partial charge in [-0.1, -0.05) is 70.3 Å². The molecule has 10 heteroatoms. The van der Waals surface area contributed by atoms with Gasteiger partial charge in [-0.2, -0.15) is 5.10 Å². The zero-order chi connectivity index (χ0) is 20.5. The van der Waals surface area contributed by atoms with Crippen molar-refractivity contribution in [1.82, 2.24) is 19.7 Å². The summed E-state index contributed by atoms with van der Waals surface area (Å²) in [5.41, 5.74) is 2.36. The fraction of sp³-hybridized carbons (Fsp3) is 0.105. The fourth-order valence-electron chi connectivity index (χ4n) is 2.82. The number of hydrogen-bond donors (Lipinski definition) is 1. The van der Waals surface area contributed by atoms with E-state index in [1.54, 1.807) is 30.6 Å². The van der Waals surface area contributed by atoms with Crippen LogP contribution in [0.25, 0.3) is 11.0 Å². The van der Waals surface area contributed by atoms with Crippen LogP contribution in [0.3, 0.4) is 0 Å². The summed E-state index contributed by atoms with van der Waals surface area (Å²) in [6.45, 7) is 0.424. The summed E-state index contributed by atoms with van der Waals surface area (Å²) >= 11 is 26.0. The minimum absolute atomic E-state index is 0.315. The van der Waals surface area contributed by atoms with E-state index in [1.165, 1.54) is 11.8 Å². The van der Waals surface area contributed by atoms with Gasteiger partial charge in [0.1, 0.15) is 10.5 Å². The molecular weight excluding hydrogens is 474 g/mol. The van der Waals surface area contributed by atoms with Crippen LogP contribution in [0, 0.1) is 0 Å². The molecular formula is C19H12Cl4N4OS. The molecule has 2 aromatic heterocycles.